The quantitative estimate of drug-likeness (QED) is 0.446. The largest absolute Gasteiger partial charge is 0.489 e. The summed E-state index contributed by atoms with van der Waals surface area (Å²) in [5, 5.41) is 16.0. The number of hydrogen-bond acceptors (Lipinski definition) is 5. The topological polar surface area (TPSA) is 84.7 Å². The molecule has 3 aromatic rings. The number of para-hydroxylation sites is 2. The Kier molecular flexibility index (Phi) is 5.31. The van der Waals surface area contributed by atoms with Gasteiger partial charge in [-0.25, -0.2) is 0 Å². The average Bonchev–Trinajstić information content (AvgIpc) is 3.28. The number of hydrogen-bond donors (Lipinski definition) is 1. The molecule has 1 fully saturated rings. The van der Waals surface area contributed by atoms with Gasteiger partial charge >= 0.3 is 0 Å². The second kappa shape index (κ2) is 8.17. The maximum atomic E-state index is 13.3. The number of carbonyl (C=O) groups is 1. The monoisotopic (exact) mass is 463 g/mol. The van der Waals surface area contributed by atoms with Crippen LogP contribution in [0.2, 0.25) is 5.02 Å². The van der Waals surface area contributed by atoms with Crippen molar-refractivity contribution in [1.29, 1.82) is 0 Å². The summed E-state index contributed by atoms with van der Waals surface area (Å²) in [6.07, 6.45) is 0. The Labute approximate surface area is 196 Å². The number of likely N-dealkylation sites (tertiary alicyclic amines) is 1. The molecule has 0 aliphatic carbocycles. The van der Waals surface area contributed by atoms with Gasteiger partial charge in [0.15, 0.2) is 5.54 Å². The minimum atomic E-state index is -1.38. The zero-order chi connectivity index (χ0) is 23.2. The zero-order valence-corrected chi connectivity index (χ0v) is 18.7. The van der Waals surface area contributed by atoms with E-state index in [-0.39, 0.29) is 10.8 Å². The van der Waals surface area contributed by atoms with Crippen LogP contribution >= 0.6 is 11.6 Å². The van der Waals surface area contributed by atoms with E-state index < -0.39 is 17.5 Å². The van der Waals surface area contributed by atoms with Crippen molar-refractivity contribution >= 4 is 23.2 Å². The van der Waals surface area contributed by atoms with Gasteiger partial charge in [0.1, 0.15) is 12.4 Å². The summed E-state index contributed by atoms with van der Waals surface area (Å²) >= 11 is 5.96. The van der Waals surface area contributed by atoms with Gasteiger partial charge in [0, 0.05) is 33.3 Å². The Balaban J connectivity index is 1.54. The van der Waals surface area contributed by atoms with Crippen LogP contribution in [0.15, 0.2) is 72.8 Å². The first-order valence-electron chi connectivity index (χ1n) is 10.6. The fourth-order valence-electron chi connectivity index (χ4n) is 5.22. The third-order valence-electron chi connectivity index (χ3n) is 6.67. The minimum absolute atomic E-state index is 0.300. The number of nitrogens with one attached hydrogen (secondary N) is 1. The van der Waals surface area contributed by atoms with Crippen LogP contribution in [0, 0.1) is 10.1 Å². The summed E-state index contributed by atoms with van der Waals surface area (Å²) in [7, 11) is 1.77. The molecule has 0 unspecified atom stereocenters. The van der Waals surface area contributed by atoms with E-state index in [9.17, 15) is 14.9 Å². The fraction of sp³-hybridized carbons (Fsp3) is 0.240. The molecule has 0 saturated carbocycles. The summed E-state index contributed by atoms with van der Waals surface area (Å²) in [6.45, 7) is 0.642. The van der Waals surface area contributed by atoms with Gasteiger partial charge in [-0.05, 0) is 36.9 Å². The first kappa shape index (κ1) is 21.4. The van der Waals surface area contributed by atoms with Crippen molar-refractivity contribution in [3.63, 3.8) is 0 Å². The lowest BCUT2D eigenvalue weighted by Crippen LogP contribution is -2.54. The predicted octanol–water partition coefficient (Wildman–Crippen LogP) is 4.44. The summed E-state index contributed by atoms with van der Waals surface area (Å²) in [4.78, 5) is 27.3. The van der Waals surface area contributed by atoms with Crippen molar-refractivity contribution in [1.82, 2.24) is 4.90 Å². The van der Waals surface area contributed by atoms with Crippen LogP contribution in [-0.2, 0) is 16.9 Å². The smallest absolute Gasteiger partial charge is 0.256 e. The zero-order valence-electron chi connectivity index (χ0n) is 17.9. The standard InChI is InChI=1S/C25H22ClN3O4/c1-28-14-19(18-6-2-5-9-22(18)33-15-16-10-12-17(26)13-11-16)23(29(31)32)25(28)20-7-3-4-8-21(20)27-24(25)30/h2-13,19,23H,14-15H2,1H3,(H,27,30)/t19-,23+,25+/m1/s1. The lowest BCUT2D eigenvalue weighted by molar-refractivity contribution is -0.534. The molecule has 0 aromatic heterocycles. The molecular weight excluding hydrogens is 442 g/mol. The molecule has 5 rings (SSSR count). The number of carbonyl (C=O) groups excluding carboxylic acids is 1. The Hall–Kier alpha value is -3.42. The van der Waals surface area contributed by atoms with Gasteiger partial charge in [-0.15, -0.1) is 0 Å². The van der Waals surface area contributed by atoms with Crippen LogP contribution < -0.4 is 10.1 Å². The Morgan fingerprint density at radius 3 is 2.58 bits per heavy atom. The molecule has 0 radical (unpaired) electrons. The Morgan fingerprint density at radius 1 is 1.12 bits per heavy atom. The van der Waals surface area contributed by atoms with Gasteiger partial charge in [0.25, 0.3) is 11.9 Å². The minimum Gasteiger partial charge on any atom is -0.489 e. The number of benzene rings is 3. The number of rotatable bonds is 5. The molecule has 1 N–H and O–H groups in total. The van der Waals surface area contributed by atoms with E-state index in [0.29, 0.717) is 40.7 Å². The van der Waals surface area contributed by atoms with Crippen LogP contribution in [0.3, 0.4) is 0 Å². The molecule has 3 aromatic carbocycles. The molecule has 2 aliphatic rings. The van der Waals surface area contributed by atoms with Crippen LogP contribution in [0.4, 0.5) is 5.69 Å². The molecule has 3 atom stereocenters. The van der Waals surface area contributed by atoms with Crippen molar-refractivity contribution in [3.05, 3.63) is 105 Å². The summed E-state index contributed by atoms with van der Waals surface area (Å²) < 4.78 is 6.10. The van der Waals surface area contributed by atoms with Crippen molar-refractivity contribution in [2.24, 2.45) is 0 Å². The molecule has 168 valence electrons. The number of nitrogens with zero attached hydrogens (tertiary/aromatic N) is 2. The molecule has 0 bridgehead atoms. The number of halogens is 1. The van der Waals surface area contributed by atoms with Crippen molar-refractivity contribution in [3.8, 4) is 5.75 Å². The van der Waals surface area contributed by atoms with Gasteiger partial charge in [0.05, 0.1) is 5.92 Å². The third-order valence-corrected chi connectivity index (χ3v) is 6.92. The molecule has 2 heterocycles. The number of nitro groups is 1. The first-order chi connectivity index (χ1) is 15.9. The van der Waals surface area contributed by atoms with Crippen molar-refractivity contribution in [2.45, 2.75) is 24.1 Å². The molecule has 2 aliphatic heterocycles. The lowest BCUT2D eigenvalue weighted by atomic mass is 9.79. The van der Waals surface area contributed by atoms with Crippen LogP contribution in [-0.4, -0.2) is 35.4 Å². The van der Waals surface area contributed by atoms with Crippen molar-refractivity contribution < 1.29 is 14.5 Å². The molecule has 1 saturated heterocycles. The molecule has 8 heteroatoms. The SMILES string of the molecule is CN1C[C@H](c2ccccc2OCc2ccc(Cl)cc2)[C@H]([N+](=O)[O-])[C@@]12C(=O)Nc1ccccc12. The number of amides is 1. The van der Waals surface area contributed by atoms with E-state index in [1.807, 2.05) is 53.4 Å². The highest BCUT2D eigenvalue weighted by Crippen LogP contribution is 2.52. The van der Waals surface area contributed by atoms with E-state index in [2.05, 4.69) is 5.32 Å². The molecule has 7 nitrogen and oxygen atoms in total. The maximum absolute atomic E-state index is 13.3. The van der Waals surface area contributed by atoms with Gasteiger partial charge in [-0.2, -0.15) is 0 Å². The second-order valence-electron chi connectivity index (χ2n) is 8.44. The lowest BCUT2D eigenvalue weighted by Gasteiger charge is -2.30. The first-order valence-corrected chi connectivity index (χ1v) is 11.0. The van der Waals surface area contributed by atoms with E-state index in [0.717, 1.165) is 5.56 Å². The molecule has 1 amide bonds. The van der Waals surface area contributed by atoms with Gasteiger partial charge in [-0.3, -0.25) is 19.8 Å². The van der Waals surface area contributed by atoms with Crippen LogP contribution in [0.1, 0.15) is 22.6 Å². The summed E-state index contributed by atoms with van der Waals surface area (Å²) in [5.74, 6) is -0.334. The average molecular weight is 464 g/mol. The van der Waals surface area contributed by atoms with E-state index in [4.69, 9.17) is 16.3 Å². The molecule has 33 heavy (non-hydrogen) atoms. The highest BCUT2D eigenvalue weighted by Gasteiger charge is 2.68. The van der Waals surface area contributed by atoms with Gasteiger partial charge in [0.2, 0.25) is 0 Å². The molecule has 1 spiro atoms. The number of ether oxygens (including phenoxy) is 1. The number of anilines is 1. The highest BCUT2D eigenvalue weighted by molar-refractivity contribution is 6.30. The summed E-state index contributed by atoms with van der Waals surface area (Å²) in [6, 6.07) is 20.7. The van der Waals surface area contributed by atoms with E-state index in [1.54, 1.807) is 31.3 Å². The second-order valence-corrected chi connectivity index (χ2v) is 8.87. The fourth-order valence-corrected chi connectivity index (χ4v) is 5.35. The van der Waals surface area contributed by atoms with Gasteiger partial charge in [-0.1, -0.05) is 60.1 Å². The highest BCUT2D eigenvalue weighted by atomic mass is 35.5. The van der Waals surface area contributed by atoms with Crippen LogP contribution in [0.5, 0.6) is 5.75 Å². The predicted molar refractivity (Wildman–Crippen MR) is 125 cm³/mol. The normalized spacial score (nSPS) is 24.0. The van der Waals surface area contributed by atoms with Gasteiger partial charge < -0.3 is 10.1 Å². The van der Waals surface area contributed by atoms with Crippen molar-refractivity contribution in [2.75, 3.05) is 18.9 Å². The Bertz CT molecular complexity index is 1230. The number of fused-ring (bicyclic) bond motifs is 2. The van der Waals surface area contributed by atoms with E-state index >= 15 is 0 Å². The Morgan fingerprint density at radius 2 is 1.82 bits per heavy atom. The van der Waals surface area contributed by atoms with E-state index in [1.165, 1.54) is 0 Å². The number of likely N-dealkylation sites (N-methyl/N-ethyl adjacent to an activating group) is 1. The third kappa shape index (κ3) is 3.35. The molecular formula is C25H22ClN3O4. The summed E-state index contributed by atoms with van der Waals surface area (Å²) in [5.41, 5.74) is 1.53. The van der Waals surface area contributed by atoms with Crippen LogP contribution in [0.25, 0.3) is 0 Å². The maximum Gasteiger partial charge on any atom is 0.256 e.